The van der Waals surface area contributed by atoms with Crippen molar-refractivity contribution in [1.29, 1.82) is 5.26 Å². The molecule has 0 aliphatic rings. The van der Waals surface area contributed by atoms with Crippen molar-refractivity contribution in [3.8, 4) is 6.07 Å². The fraction of sp³-hybridized carbons (Fsp3) is 0.294. The Labute approximate surface area is 277 Å². The van der Waals surface area contributed by atoms with E-state index in [1.807, 2.05) is 30.5 Å². The molecule has 0 unspecified atom stereocenters. The summed E-state index contributed by atoms with van der Waals surface area (Å²) in [6, 6.07) is 21.2. The number of imidazole rings is 1. The van der Waals surface area contributed by atoms with Crippen LogP contribution in [0.5, 0.6) is 0 Å². The van der Waals surface area contributed by atoms with Crippen molar-refractivity contribution in [3.63, 3.8) is 0 Å². The van der Waals surface area contributed by atoms with Crippen LogP contribution in [0.4, 0.5) is 18.9 Å². The van der Waals surface area contributed by atoms with Gasteiger partial charge >= 0.3 is 6.18 Å². The molecule has 0 aliphatic heterocycles. The maximum Gasteiger partial charge on any atom is 0.416 e. The number of rotatable bonds is 12. The number of anilines is 1. The third-order valence-corrected chi connectivity index (χ3v) is 7.91. The topological polar surface area (TPSA) is 86.0 Å². The summed E-state index contributed by atoms with van der Waals surface area (Å²) in [4.78, 5) is 19.3. The fourth-order valence-electron chi connectivity index (χ4n) is 5.09. The molecule has 2 N–H and O–H groups in total. The molecular formula is C34H34ClF3N6OS. The summed E-state index contributed by atoms with van der Waals surface area (Å²) in [5.74, 6) is -0.0885. The third-order valence-electron chi connectivity index (χ3n) is 7.22. The number of nitrogens with one attached hydrogen (secondary N) is 2. The van der Waals surface area contributed by atoms with Crippen LogP contribution in [0.1, 0.15) is 48.2 Å². The van der Waals surface area contributed by atoms with Gasteiger partial charge in [0.1, 0.15) is 0 Å². The van der Waals surface area contributed by atoms with E-state index in [0.29, 0.717) is 34.9 Å². The van der Waals surface area contributed by atoms with Gasteiger partial charge < -0.3 is 20.1 Å². The Hall–Kier alpha value is -4.40. The van der Waals surface area contributed by atoms with Gasteiger partial charge in [0.25, 0.3) is 0 Å². The first kappa shape index (κ1) is 34.5. The van der Waals surface area contributed by atoms with Crippen molar-refractivity contribution >= 4 is 40.5 Å². The van der Waals surface area contributed by atoms with Crippen LogP contribution in [0.2, 0.25) is 5.02 Å². The van der Waals surface area contributed by atoms with E-state index in [1.54, 1.807) is 59.9 Å². The van der Waals surface area contributed by atoms with Crippen LogP contribution < -0.4 is 10.6 Å². The van der Waals surface area contributed by atoms with Crippen molar-refractivity contribution in [1.82, 2.24) is 19.8 Å². The minimum absolute atomic E-state index is 0.0457. The monoisotopic (exact) mass is 666 g/mol. The van der Waals surface area contributed by atoms with Gasteiger partial charge in [-0.25, -0.2) is 4.98 Å². The van der Waals surface area contributed by atoms with E-state index in [4.69, 9.17) is 29.1 Å². The van der Waals surface area contributed by atoms with Gasteiger partial charge in [-0.3, -0.25) is 4.79 Å². The van der Waals surface area contributed by atoms with Crippen LogP contribution in [-0.4, -0.2) is 38.1 Å². The van der Waals surface area contributed by atoms with Gasteiger partial charge in [-0.1, -0.05) is 67.9 Å². The molecule has 1 aromatic heterocycles. The number of nitriles is 1. The highest BCUT2D eigenvalue weighted by Crippen LogP contribution is 2.33. The maximum atomic E-state index is 13.9. The molecule has 0 aliphatic carbocycles. The highest BCUT2D eigenvalue weighted by molar-refractivity contribution is 7.80. The van der Waals surface area contributed by atoms with E-state index < -0.39 is 17.8 Å². The second-order valence-electron chi connectivity index (χ2n) is 11.3. The highest BCUT2D eigenvalue weighted by Gasteiger charge is 2.34. The molecular weight excluding hydrogens is 633 g/mol. The Morgan fingerprint density at radius 2 is 1.78 bits per heavy atom. The number of nitrogens with zero attached hydrogens (tertiary/aromatic N) is 4. The normalized spacial score (nSPS) is 12.0. The van der Waals surface area contributed by atoms with Gasteiger partial charge in [-0.15, -0.1) is 0 Å². The van der Waals surface area contributed by atoms with Gasteiger partial charge in [0.05, 0.1) is 40.7 Å². The van der Waals surface area contributed by atoms with Crippen LogP contribution in [0.15, 0.2) is 85.3 Å². The molecule has 7 nitrogen and oxygen atoms in total. The molecule has 0 saturated heterocycles. The van der Waals surface area contributed by atoms with Crippen molar-refractivity contribution in [2.24, 2.45) is 5.92 Å². The zero-order valence-corrected chi connectivity index (χ0v) is 27.0. The van der Waals surface area contributed by atoms with Crippen molar-refractivity contribution < 1.29 is 18.0 Å². The number of amides is 1. The maximum absolute atomic E-state index is 13.9. The summed E-state index contributed by atoms with van der Waals surface area (Å²) in [6.45, 7) is 4.49. The molecule has 3 aromatic carbocycles. The summed E-state index contributed by atoms with van der Waals surface area (Å²) in [5.41, 5.74) is 2.02. The first-order valence-corrected chi connectivity index (χ1v) is 15.4. The zero-order valence-electron chi connectivity index (χ0n) is 25.4. The van der Waals surface area contributed by atoms with Crippen molar-refractivity contribution in [2.45, 2.75) is 52.0 Å². The second kappa shape index (κ2) is 15.7. The molecule has 0 saturated carbocycles. The number of carbonyl (C=O) groups excluding carboxylic acids is 1. The lowest BCUT2D eigenvalue weighted by atomic mass is 10.0. The first-order valence-electron chi connectivity index (χ1n) is 14.7. The number of carbonyl (C=O) groups is 1. The quantitative estimate of drug-likeness (QED) is 0.153. The van der Waals surface area contributed by atoms with E-state index in [2.05, 4.69) is 21.7 Å². The largest absolute Gasteiger partial charge is 0.416 e. The molecule has 0 fully saturated rings. The Bertz CT molecular complexity index is 1680. The van der Waals surface area contributed by atoms with Gasteiger partial charge in [-0.05, 0) is 66.0 Å². The number of aromatic nitrogens is 2. The second-order valence-corrected chi connectivity index (χ2v) is 12.1. The van der Waals surface area contributed by atoms with Crippen molar-refractivity contribution in [2.75, 3.05) is 11.9 Å². The van der Waals surface area contributed by atoms with E-state index in [9.17, 15) is 18.0 Å². The van der Waals surface area contributed by atoms with E-state index >= 15 is 0 Å². The van der Waals surface area contributed by atoms with Crippen LogP contribution in [0.3, 0.4) is 0 Å². The molecule has 0 spiro atoms. The van der Waals surface area contributed by atoms with Crippen LogP contribution in [0.25, 0.3) is 0 Å². The number of alkyl halides is 3. The first-order chi connectivity index (χ1) is 21.9. The minimum atomic E-state index is -4.55. The number of hydrogen-bond acceptors (Lipinski definition) is 4. The summed E-state index contributed by atoms with van der Waals surface area (Å²) in [7, 11) is 0. The lowest BCUT2D eigenvalue weighted by molar-refractivity contribution is -0.138. The molecule has 0 radical (unpaired) electrons. The molecule has 240 valence electrons. The SMILES string of the molecule is CC(C)C[C@@H](CN(Cc1ccccc1C(F)(F)F)C(=S)Nc1ccccc1Cl)NC(=O)Cc1cncn1Cc1ccc(C#N)cc1. The fourth-order valence-corrected chi connectivity index (χ4v) is 5.52. The Balaban J connectivity index is 1.54. The van der Waals surface area contributed by atoms with Crippen molar-refractivity contribution in [3.05, 3.63) is 118 Å². The van der Waals surface area contributed by atoms with Gasteiger partial charge in [0.2, 0.25) is 5.91 Å². The Morgan fingerprint density at radius 3 is 2.46 bits per heavy atom. The highest BCUT2D eigenvalue weighted by atomic mass is 35.5. The van der Waals surface area contributed by atoms with Gasteiger partial charge in [0.15, 0.2) is 5.11 Å². The summed E-state index contributed by atoms with van der Waals surface area (Å²) < 4.78 is 43.7. The lowest BCUT2D eigenvalue weighted by Crippen LogP contribution is -2.48. The molecule has 1 amide bonds. The minimum Gasteiger partial charge on any atom is -0.351 e. The average Bonchev–Trinajstić information content (AvgIpc) is 3.43. The predicted molar refractivity (Wildman–Crippen MR) is 177 cm³/mol. The van der Waals surface area contributed by atoms with Crippen LogP contribution in [0, 0.1) is 17.2 Å². The van der Waals surface area contributed by atoms with Gasteiger partial charge in [-0.2, -0.15) is 18.4 Å². The molecule has 1 heterocycles. The molecule has 46 heavy (non-hydrogen) atoms. The average molecular weight is 667 g/mol. The zero-order chi connectivity index (χ0) is 33.3. The number of para-hydroxylation sites is 1. The summed E-state index contributed by atoms with van der Waals surface area (Å²) >= 11 is 12.1. The lowest BCUT2D eigenvalue weighted by Gasteiger charge is -2.32. The summed E-state index contributed by atoms with van der Waals surface area (Å²) in [5, 5.41) is 15.8. The molecule has 1 atom stereocenters. The molecule has 0 bridgehead atoms. The van der Waals surface area contributed by atoms with E-state index in [1.165, 1.54) is 12.1 Å². The Kier molecular flexibility index (Phi) is 11.8. The van der Waals surface area contributed by atoms with E-state index in [-0.39, 0.29) is 42.0 Å². The number of hydrogen-bond donors (Lipinski definition) is 2. The van der Waals surface area contributed by atoms with E-state index in [0.717, 1.165) is 11.6 Å². The number of benzene rings is 3. The smallest absolute Gasteiger partial charge is 0.351 e. The molecule has 4 aromatic rings. The summed E-state index contributed by atoms with van der Waals surface area (Å²) in [6.07, 6.45) is -0.673. The number of halogens is 4. The predicted octanol–water partition coefficient (Wildman–Crippen LogP) is 7.45. The molecule has 4 rings (SSSR count). The van der Waals surface area contributed by atoms with Crippen LogP contribution >= 0.6 is 23.8 Å². The van der Waals surface area contributed by atoms with Gasteiger partial charge in [0, 0.05) is 37.6 Å². The third kappa shape index (κ3) is 9.80. The molecule has 12 heteroatoms. The Morgan fingerprint density at radius 1 is 1.09 bits per heavy atom. The standard InChI is InChI=1S/C34H34ClF3N6OS/c1-23(2)15-27(41-32(45)16-28-18-40-22-44(28)19-25-13-11-24(17-39)12-14-25)21-43(33(46)42-31-10-6-5-9-30(31)35)20-26-7-3-4-8-29(26)34(36,37)38/h3-14,18,22-23,27H,15-16,19-21H2,1-2H3,(H,41,45)(H,42,46)/t27-/m0/s1. The van der Waals surface area contributed by atoms with Crippen LogP contribution in [-0.2, 0) is 30.5 Å². The number of thiocarbonyl (C=S) groups is 1.